The maximum atomic E-state index is 11.3. The molecular weight excluding hydrogens is 176 g/mol. The molecule has 0 aromatic heterocycles. The van der Waals surface area contributed by atoms with Gasteiger partial charge in [0.25, 0.3) is 0 Å². The number of nitrogens with zero attached hydrogens (tertiary/aromatic N) is 1. The van der Waals surface area contributed by atoms with Gasteiger partial charge in [-0.25, -0.2) is 4.79 Å². The lowest BCUT2D eigenvalue weighted by atomic mass is 10.2. The van der Waals surface area contributed by atoms with Gasteiger partial charge in [-0.15, -0.1) is 0 Å². The molecule has 3 heteroatoms. The van der Waals surface area contributed by atoms with Crippen molar-refractivity contribution in [2.24, 2.45) is 0 Å². The van der Waals surface area contributed by atoms with E-state index in [1.807, 2.05) is 30.3 Å². The highest BCUT2D eigenvalue weighted by Crippen LogP contribution is 2.13. The summed E-state index contributed by atoms with van der Waals surface area (Å²) in [4.78, 5) is 13.0. The van der Waals surface area contributed by atoms with Crippen molar-refractivity contribution in [3.8, 4) is 0 Å². The monoisotopic (exact) mass is 188 g/mol. The van der Waals surface area contributed by atoms with Gasteiger partial charge in [0, 0.05) is 5.70 Å². The van der Waals surface area contributed by atoms with Crippen LogP contribution < -0.4 is 5.32 Å². The van der Waals surface area contributed by atoms with Gasteiger partial charge in [-0.1, -0.05) is 36.9 Å². The van der Waals surface area contributed by atoms with Crippen LogP contribution in [-0.4, -0.2) is 17.5 Å². The minimum atomic E-state index is -0.0566. The maximum Gasteiger partial charge on any atom is 0.322 e. The van der Waals surface area contributed by atoms with Gasteiger partial charge in [0.1, 0.15) is 0 Å². The molecule has 1 aromatic rings. The molecule has 0 spiro atoms. The first-order valence-corrected chi connectivity index (χ1v) is 4.54. The van der Waals surface area contributed by atoms with E-state index in [4.69, 9.17) is 0 Å². The van der Waals surface area contributed by atoms with E-state index in [0.717, 1.165) is 11.3 Å². The number of rotatable bonds is 2. The summed E-state index contributed by atoms with van der Waals surface area (Å²) < 4.78 is 0. The fourth-order valence-corrected chi connectivity index (χ4v) is 1.46. The van der Waals surface area contributed by atoms with Gasteiger partial charge in [-0.05, 0) is 5.56 Å². The second-order valence-electron chi connectivity index (χ2n) is 3.30. The molecule has 14 heavy (non-hydrogen) atoms. The molecule has 2 amide bonds. The lowest BCUT2D eigenvalue weighted by Crippen LogP contribution is -2.26. The highest BCUT2D eigenvalue weighted by atomic mass is 16.2. The number of nitrogens with one attached hydrogen (secondary N) is 1. The standard InChI is InChI=1S/C11H12N2O/c1-9-7-12-11(14)13(9)8-10-5-3-2-4-6-10/h2-6H,1,7-8H2,(H,12,14). The van der Waals surface area contributed by atoms with Crippen LogP contribution in [-0.2, 0) is 6.54 Å². The molecule has 3 nitrogen and oxygen atoms in total. The summed E-state index contributed by atoms with van der Waals surface area (Å²) in [5.74, 6) is 0. The molecule has 1 heterocycles. The van der Waals surface area contributed by atoms with E-state index in [0.29, 0.717) is 13.1 Å². The molecule has 2 rings (SSSR count). The third-order valence-corrected chi connectivity index (χ3v) is 2.25. The van der Waals surface area contributed by atoms with Gasteiger partial charge in [-0.2, -0.15) is 0 Å². The average Bonchev–Trinajstić information content (AvgIpc) is 2.51. The first kappa shape index (κ1) is 8.81. The molecule has 72 valence electrons. The topological polar surface area (TPSA) is 32.3 Å². The number of amides is 2. The van der Waals surface area contributed by atoms with E-state index in [2.05, 4.69) is 11.9 Å². The Morgan fingerprint density at radius 3 is 2.64 bits per heavy atom. The number of urea groups is 1. The summed E-state index contributed by atoms with van der Waals surface area (Å²) in [5.41, 5.74) is 1.95. The fraction of sp³-hybridized carbons (Fsp3) is 0.182. The zero-order valence-electron chi connectivity index (χ0n) is 7.86. The van der Waals surface area contributed by atoms with Crippen LogP contribution in [0.1, 0.15) is 5.56 Å². The summed E-state index contributed by atoms with van der Waals surface area (Å²) in [7, 11) is 0. The Morgan fingerprint density at radius 1 is 1.36 bits per heavy atom. The van der Waals surface area contributed by atoms with Gasteiger partial charge in [0.2, 0.25) is 0 Å². The Kier molecular flexibility index (Phi) is 2.23. The molecule has 1 fully saturated rings. The Bertz CT molecular complexity index is 343. The van der Waals surface area contributed by atoms with E-state index in [1.54, 1.807) is 4.90 Å². The second-order valence-corrected chi connectivity index (χ2v) is 3.30. The predicted molar refractivity (Wildman–Crippen MR) is 54.5 cm³/mol. The molecule has 0 unspecified atom stereocenters. The Labute approximate surface area is 83.0 Å². The number of hydrogen-bond donors (Lipinski definition) is 1. The van der Waals surface area contributed by atoms with Crippen molar-refractivity contribution in [2.45, 2.75) is 6.54 Å². The molecule has 1 aliphatic heterocycles. The Hall–Kier alpha value is -1.77. The summed E-state index contributed by atoms with van der Waals surface area (Å²) in [6.45, 7) is 4.99. The minimum absolute atomic E-state index is 0.0566. The highest BCUT2D eigenvalue weighted by molar-refractivity contribution is 5.79. The zero-order valence-corrected chi connectivity index (χ0v) is 7.86. The first-order valence-electron chi connectivity index (χ1n) is 4.54. The van der Waals surface area contributed by atoms with E-state index in [1.165, 1.54) is 0 Å². The zero-order chi connectivity index (χ0) is 9.97. The summed E-state index contributed by atoms with van der Waals surface area (Å²) in [5, 5.41) is 2.73. The second kappa shape index (κ2) is 3.54. The normalized spacial score (nSPS) is 15.9. The van der Waals surface area contributed by atoms with Gasteiger partial charge >= 0.3 is 6.03 Å². The predicted octanol–water partition coefficient (Wildman–Crippen LogP) is 1.73. The third kappa shape index (κ3) is 1.62. The molecular formula is C11H12N2O. The number of carbonyl (C=O) groups excluding carboxylic acids is 1. The van der Waals surface area contributed by atoms with Gasteiger partial charge in [0.15, 0.2) is 0 Å². The smallest absolute Gasteiger partial charge is 0.322 e. The molecule has 1 N–H and O–H groups in total. The van der Waals surface area contributed by atoms with Crippen molar-refractivity contribution >= 4 is 6.03 Å². The number of carbonyl (C=O) groups is 1. The van der Waals surface area contributed by atoms with E-state index in [-0.39, 0.29) is 6.03 Å². The SMILES string of the molecule is C=C1CNC(=O)N1Cc1ccccc1. The van der Waals surface area contributed by atoms with Crippen LogP contribution in [0.5, 0.6) is 0 Å². The minimum Gasteiger partial charge on any atom is -0.332 e. The lowest BCUT2D eigenvalue weighted by molar-refractivity contribution is 0.222. The maximum absolute atomic E-state index is 11.3. The van der Waals surface area contributed by atoms with Crippen molar-refractivity contribution in [3.05, 3.63) is 48.2 Å². The van der Waals surface area contributed by atoms with E-state index < -0.39 is 0 Å². The molecule has 0 aliphatic carbocycles. The molecule has 1 aromatic carbocycles. The molecule has 1 aliphatic rings. The number of hydrogen-bond acceptors (Lipinski definition) is 1. The van der Waals surface area contributed by atoms with Crippen LogP contribution in [0.25, 0.3) is 0 Å². The van der Waals surface area contributed by atoms with Crippen molar-refractivity contribution < 1.29 is 4.79 Å². The van der Waals surface area contributed by atoms with Gasteiger partial charge in [-0.3, -0.25) is 4.90 Å². The first-order chi connectivity index (χ1) is 6.77. The molecule has 1 saturated heterocycles. The fourth-order valence-electron chi connectivity index (χ4n) is 1.46. The largest absolute Gasteiger partial charge is 0.332 e. The van der Waals surface area contributed by atoms with E-state index in [9.17, 15) is 4.79 Å². The van der Waals surface area contributed by atoms with Crippen LogP contribution in [0.2, 0.25) is 0 Å². The van der Waals surface area contributed by atoms with Crippen LogP contribution in [0.15, 0.2) is 42.6 Å². The highest BCUT2D eigenvalue weighted by Gasteiger charge is 2.22. The quantitative estimate of drug-likeness (QED) is 0.753. The summed E-state index contributed by atoms with van der Waals surface area (Å²) in [6.07, 6.45) is 0. The Balaban J connectivity index is 2.11. The van der Waals surface area contributed by atoms with Crippen molar-refractivity contribution in [1.82, 2.24) is 10.2 Å². The van der Waals surface area contributed by atoms with Gasteiger partial charge < -0.3 is 5.32 Å². The molecule has 0 radical (unpaired) electrons. The van der Waals surface area contributed by atoms with Gasteiger partial charge in [0.05, 0.1) is 13.1 Å². The van der Waals surface area contributed by atoms with Crippen LogP contribution >= 0.6 is 0 Å². The van der Waals surface area contributed by atoms with Crippen molar-refractivity contribution in [3.63, 3.8) is 0 Å². The van der Waals surface area contributed by atoms with Crippen LogP contribution in [0.4, 0.5) is 4.79 Å². The molecule has 0 bridgehead atoms. The lowest BCUT2D eigenvalue weighted by Gasteiger charge is -2.15. The van der Waals surface area contributed by atoms with E-state index >= 15 is 0 Å². The summed E-state index contributed by atoms with van der Waals surface area (Å²) in [6, 6.07) is 9.83. The third-order valence-electron chi connectivity index (χ3n) is 2.25. The molecule has 0 atom stereocenters. The van der Waals surface area contributed by atoms with Crippen molar-refractivity contribution in [2.75, 3.05) is 6.54 Å². The number of benzene rings is 1. The Morgan fingerprint density at radius 2 is 2.07 bits per heavy atom. The summed E-state index contributed by atoms with van der Waals surface area (Å²) >= 11 is 0. The van der Waals surface area contributed by atoms with Crippen molar-refractivity contribution in [1.29, 1.82) is 0 Å². The molecule has 0 saturated carbocycles. The average molecular weight is 188 g/mol. The van der Waals surface area contributed by atoms with Crippen LogP contribution in [0, 0.1) is 0 Å². The van der Waals surface area contributed by atoms with Crippen LogP contribution in [0.3, 0.4) is 0 Å².